The summed E-state index contributed by atoms with van der Waals surface area (Å²) in [4.78, 5) is 10.4. The zero-order valence-electron chi connectivity index (χ0n) is 11.3. The summed E-state index contributed by atoms with van der Waals surface area (Å²) < 4.78 is 5.38. The Kier molecular flexibility index (Phi) is 6.08. The molecule has 1 rings (SSSR count). The zero-order chi connectivity index (χ0) is 14.3. The molecule has 0 spiro atoms. The van der Waals surface area contributed by atoms with Crippen LogP contribution in [0.2, 0.25) is 0 Å². The standard InChI is InChI=1S/C13H20N2O4/c1-3-8-19-13-9-11(14-7-6-10(2)16)4-5-12(13)15(17)18/h4-5,9-10,14,16H,3,6-8H2,1-2H3. The van der Waals surface area contributed by atoms with Gasteiger partial charge >= 0.3 is 5.69 Å². The maximum atomic E-state index is 10.9. The minimum absolute atomic E-state index is 0.0328. The van der Waals surface area contributed by atoms with E-state index in [0.717, 1.165) is 12.1 Å². The monoisotopic (exact) mass is 268 g/mol. The van der Waals surface area contributed by atoms with Crippen molar-refractivity contribution in [2.75, 3.05) is 18.5 Å². The average molecular weight is 268 g/mol. The Balaban J connectivity index is 2.76. The molecule has 6 heteroatoms. The Labute approximate surface area is 112 Å². The van der Waals surface area contributed by atoms with E-state index in [9.17, 15) is 10.1 Å². The molecule has 0 radical (unpaired) electrons. The van der Waals surface area contributed by atoms with Crippen molar-refractivity contribution in [1.29, 1.82) is 0 Å². The molecule has 0 heterocycles. The molecule has 1 atom stereocenters. The fourth-order valence-corrected chi connectivity index (χ4v) is 1.53. The van der Waals surface area contributed by atoms with Gasteiger partial charge in [0, 0.05) is 24.4 Å². The van der Waals surface area contributed by atoms with E-state index in [1.807, 2.05) is 6.92 Å². The number of rotatable bonds is 8. The number of hydrogen-bond acceptors (Lipinski definition) is 5. The van der Waals surface area contributed by atoms with Gasteiger partial charge in [0.15, 0.2) is 5.75 Å². The highest BCUT2D eigenvalue weighted by molar-refractivity contribution is 5.57. The lowest BCUT2D eigenvalue weighted by Gasteiger charge is -2.10. The van der Waals surface area contributed by atoms with Gasteiger partial charge < -0.3 is 15.2 Å². The average Bonchev–Trinajstić information content (AvgIpc) is 2.35. The first-order valence-electron chi connectivity index (χ1n) is 6.37. The number of ether oxygens (including phenoxy) is 1. The van der Waals surface area contributed by atoms with Crippen LogP contribution in [-0.2, 0) is 0 Å². The van der Waals surface area contributed by atoms with E-state index in [1.165, 1.54) is 6.07 Å². The molecule has 19 heavy (non-hydrogen) atoms. The molecule has 0 fully saturated rings. The molecule has 0 bridgehead atoms. The highest BCUT2D eigenvalue weighted by Gasteiger charge is 2.15. The normalized spacial score (nSPS) is 11.9. The molecule has 0 saturated carbocycles. The summed E-state index contributed by atoms with van der Waals surface area (Å²) in [6.45, 7) is 4.70. The summed E-state index contributed by atoms with van der Waals surface area (Å²) in [7, 11) is 0. The number of nitrogens with one attached hydrogen (secondary N) is 1. The fourth-order valence-electron chi connectivity index (χ4n) is 1.53. The quantitative estimate of drug-likeness (QED) is 0.559. The van der Waals surface area contributed by atoms with Crippen LogP contribution in [0.1, 0.15) is 26.7 Å². The maximum absolute atomic E-state index is 10.9. The third-order valence-electron chi connectivity index (χ3n) is 2.51. The lowest BCUT2D eigenvalue weighted by molar-refractivity contribution is -0.385. The molecule has 2 N–H and O–H groups in total. The number of nitro benzene ring substituents is 1. The van der Waals surface area contributed by atoms with Gasteiger partial charge in [-0.15, -0.1) is 0 Å². The van der Waals surface area contributed by atoms with Gasteiger partial charge in [0.25, 0.3) is 0 Å². The van der Waals surface area contributed by atoms with E-state index in [2.05, 4.69) is 5.32 Å². The third kappa shape index (κ3) is 5.13. The van der Waals surface area contributed by atoms with Crippen molar-refractivity contribution in [3.63, 3.8) is 0 Å². The van der Waals surface area contributed by atoms with E-state index in [4.69, 9.17) is 9.84 Å². The van der Waals surface area contributed by atoms with Crippen LogP contribution in [-0.4, -0.2) is 29.3 Å². The second-order valence-electron chi connectivity index (χ2n) is 4.35. The molecule has 0 amide bonds. The molecule has 106 valence electrons. The second-order valence-corrected chi connectivity index (χ2v) is 4.35. The topological polar surface area (TPSA) is 84.6 Å². The van der Waals surface area contributed by atoms with Crippen LogP contribution in [0.5, 0.6) is 5.75 Å². The Bertz CT molecular complexity index is 421. The van der Waals surface area contributed by atoms with Gasteiger partial charge in [-0.25, -0.2) is 0 Å². The Morgan fingerprint density at radius 2 is 2.26 bits per heavy atom. The summed E-state index contributed by atoms with van der Waals surface area (Å²) in [5, 5.41) is 23.1. The van der Waals surface area contributed by atoms with Crippen molar-refractivity contribution < 1.29 is 14.8 Å². The Hall–Kier alpha value is -1.82. The summed E-state index contributed by atoms with van der Waals surface area (Å²) in [5.74, 6) is 0.272. The summed E-state index contributed by atoms with van der Waals surface area (Å²) >= 11 is 0. The van der Waals surface area contributed by atoms with Gasteiger partial charge in [-0.1, -0.05) is 6.92 Å². The summed E-state index contributed by atoms with van der Waals surface area (Å²) in [6, 6.07) is 4.69. The number of benzene rings is 1. The lowest BCUT2D eigenvalue weighted by Crippen LogP contribution is -2.10. The summed E-state index contributed by atoms with van der Waals surface area (Å²) in [5.41, 5.74) is 0.715. The van der Waals surface area contributed by atoms with Crippen LogP contribution in [0.15, 0.2) is 18.2 Å². The van der Waals surface area contributed by atoms with E-state index < -0.39 is 4.92 Å². The number of aliphatic hydroxyl groups is 1. The molecular formula is C13H20N2O4. The molecule has 0 aliphatic rings. The van der Waals surface area contributed by atoms with E-state index >= 15 is 0 Å². The number of aliphatic hydroxyl groups excluding tert-OH is 1. The largest absolute Gasteiger partial charge is 0.487 e. The first-order chi connectivity index (χ1) is 9.04. The van der Waals surface area contributed by atoms with Crippen molar-refractivity contribution in [1.82, 2.24) is 0 Å². The minimum Gasteiger partial charge on any atom is -0.487 e. The predicted molar refractivity (Wildman–Crippen MR) is 73.7 cm³/mol. The first-order valence-corrected chi connectivity index (χ1v) is 6.37. The van der Waals surface area contributed by atoms with Crippen molar-refractivity contribution >= 4 is 11.4 Å². The molecule has 1 aromatic carbocycles. The third-order valence-corrected chi connectivity index (χ3v) is 2.51. The molecule has 6 nitrogen and oxygen atoms in total. The number of hydrogen-bond donors (Lipinski definition) is 2. The van der Waals surface area contributed by atoms with E-state index in [1.54, 1.807) is 19.1 Å². The minimum atomic E-state index is -0.454. The highest BCUT2D eigenvalue weighted by atomic mass is 16.6. The number of nitrogens with zero attached hydrogens (tertiary/aromatic N) is 1. The van der Waals surface area contributed by atoms with Crippen molar-refractivity contribution in [2.24, 2.45) is 0 Å². The van der Waals surface area contributed by atoms with Gasteiger partial charge in [0.05, 0.1) is 17.6 Å². The molecule has 1 aromatic rings. The van der Waals surface area contributed by atoms with Crippen molar-refractivity contribution in [2.45, 2.75) is 32.8 Å². The number of nitro groups is 1. The van der Waals surface area contributed by atoms with E-state index in [0.29, 0.717) is 19.6 Å². The van der Waals surface area contributed by atoms with E-state index in [-0.39, 0.29) is 17.5 Å². The van der Waals surface area contributed by atoms with Crippen molar-refractivity contribution in [3.8, 4) is 5.75 Å². The Morgan fingerprint density at radius 1 is 1.53 bits per heavy atom. The summed E-state index contributed by atoms with van der Waals surface area (Å²) in [6.07, 6.45) is 1.03. The molecular weight excluding hydrogens is 248 g/mol. The van der Waals surface area contributed by atoms with Crippen LogP contribution in [0.25, 0.3) is 0 Å². The lowest BCUT2D eigenvalue weighted by atomic mass is 10.2. The van der Waals surface area contributed by atoms with Crippen LogP contribution in [0, 0.1) is 10.1 Å². The predicted octanol–water partition coefficient (Wildman–Crippen LogP) is 2.57. The van der Waals surface area contributed by atoms with Crippen LogP contribution in [0.4, 0.5) is 11.4 Å². The second kappa shape index (κ2) is 7.58. The smallest absolute Gasteiger partial charge is 0.311 e. The molecule has 0 aliphatic carbocycles. The molecule has 0 aliphatic heterocycles. The van der Waals surface area contributed by atoms with Crippen LogP contribution < -0.4 is 10.1 Å². The Morgan fingerprint density at radius 3 is 2.84 bits per heavy atom. The van der Waals surface area contributed by atoms with Gasteiger partial charge in [-0.3, -0.25) is 10.1 Å². The first kappa shape index (κ1) is 15.2. The van der Waals surface area contributed by atoms with Gasteiger partial charge in [0.2, 0.25) is 0 Å². The molecule has 1 unspecified atom stereocenters. The van der Waals surface area contributed by atoms with Crippen LogP contribution in [0.3, 0.4) is 0 Å². The molecule has 0 saturated heterocycles. The van der Waals surface area contributed by atoms with Gasteiger partial charge in [-0.2, -0.15) is 0 Å². The fraction of sp³-hybridized carbons (Fsp3) is 0.538. The SMILES string of the molecule is CCCOc1cc(NCCC(C)O)ccc1[N+](=O)[O-]. The van der Waals surface area contributed by atoms with Gasteiger partial charge in [-0.05, 0) is 25.8 Å². The highest BCUT2D eigenvalue weighted by Crippen LogP contribution is 2.30. The van der Waals surface area contributed by atoms with Crippen LogP contribution >= 0.6 is 0 Å². The molecule has 0 aromatic heterocycles. The zero-order valence-corrected chi connectivity index (χ0v) is 11.3. The van der Waals surface area contributed by atoms with Gasteiger partial charge in [0.1, 0.15) is 0 Å². The maximum Gasteiger partial charge on any atom is 0.311 e. The van der Waals surface area contributed by atoms with Crippen molar-refractivity contribution in [3.05, 3.63) is 28.3 Å². The number of anilines is 1.